The first kappa shape index (κ1) is 18.9. The Morgan fingerprint density at radius 3 is 2.52 bits per heavy atom. The lowest BCUT2D eigenvalue weighted by atomic mass is 10.1. The van der Waals surface area contributed by atoms with E-state index in [4.69, 9.17) is 20.9 Å². The molecule has 0 atom stereocenters. The van der Waals surface area contributed by atoms with Crippen molar-refractivity contribution in [2.45, 2.75) is 6.92 Å². The minimum atomic E-state index is -0.0833. The number of carbonyl (C=O) groups is 1. The molecule has 5 nitrogen and oxygen atoms in total. The van der Waals surface area contributed by atoms with E-state index in [0.717, 1.165) is 16.7 Å². The number of halogens is 1. The summed E-state index contributed by atoms with van der Waals surface area (Å²) in [6.45, 7) is 1.93. The monoisotopic (exact) mass is 404 g/mol. The average molecular weight is 405 g/mol. The van der Waals surface area contributed by atoms with Crippen LogP contribution in [-0.2, 0) is 0 Å². The summed E-state index contributed by atoms with van der Waals surface area (Å²) >= 11 is 5.91. The van der Waals surface area contributed by atoms with Crippen molar-refractivity contribution in [3.8, 4) is 28.6 Å². The Kier molecular flexibility index (Phi) is 5.40. The summed E-state index contributed by atoms with van der Waals surface area (Å²) in [6.07, 6.45) is 0. The first-order valence-corrected chi connectivity index (χ1v) is 9.39. The quantitative estimate of drug-likeness (QED) is 0.390. The van der Waals surface area contributed by atoms with Crippen molar-refractivity contribution in [2.75, 3.05) is 6.61 Å². The summed E-state index contributed by atoms with van der Waals surface area (Å²) < 4.78 is 11.0. The number of nitrogens with zero attached hydrogens (tertiary/aromatic N) is 2. The number of benzene rings is 3. The second-order valence-corrected chi connectivity index (χ2v) is 6.97. The summed E-state index contributed by atoms with van der Waals surface area (Å²) in [7, 11) is 0. The van der Waals surface area contributed by atoms with Gasteiger partial charge in [0.1, 0.15) is 5.75 Å². The van der Waals surface area contributed by atoms with Crippen LogP contribution in [0, 0.1) is 6.92 Å². The molecule has 0 amide bonds. The van der Waals surface area contributed by atoms with Crippen molar-refractivity contribution >= 4 is 17.4 Å². The molecule has 0 radical (unpaired) electrons. The Morgan fingerprint density at radius 2 is 1.76 bits per heavy atom. The molecule has 3 aromatic carbocycles. The Hall–Kier alpha value is -3.44. The van der Waals surface area contributed by atoms with Gasteiger partial charge in [0.2, 0.25) is 5.82 Å². The zero-order valence-electron chi connectivity index (χ0n) is 15.6. The second kappa shape index (κ2) is 8.29. The Morgan fingerprint density at radius 1 is 1.00 bits per heavy atom. The lowest BCUT2D eigenvalue weighted by Crippen LogP contribution is -2.11. The highest BCUT2D eigenvalue weighted by molar-refractivity contribution is 6.30. The van der Waals surface area contributed by atoms with Crippen LogP contribution in [0.15, 0.2) is 77.3 Å². The van der Waals surface area contributed by atoms with Gasteiger partial charge in [-0.2, -0.15) is 4.98 Å². The zero-order valence-corrected chi connectivity index (χ0v) is 16.4. The molecule has 0 spiro atoms. The molecule has 0 saturated heterocycles. The fraction of sp³-hybridized carbons (Fsp3) is 0.0870. The third kappa shape index (κ3) is 4.52. The number of rotatable bonds is 6. The highest BCUT2D eigenvalue weighted by Crippen LogP contribution is 2.25. The maximum atomic E-state index is 12.3. The van der Waals surface area contributed by atoms with Crippen LogP contribution in [0.1, 0.15) is 15.9 Å². The number of hydrogen-bond donors (Lipinski definition) is 0. The Balaban J connectivity index is 1.47. The third-order valence-electron chi connectivity index (χ3n) is 4.35. The fourth-order valence-electron chi connectivity index (χ4n) is 2.75. The third-order valence-corrected chi connectivity index (χ3v) is 4.60. The number of aryl methyl sites for hydroxylation is 1. The number of ketones is 1. The van der Waals surface area contributed by atoms with E-state index >= 15 is 0 Å². The van der Waals surface area contributed by atoms with Gasteiger partial charge in [0, 0.05) is 21.7 Å². The van der Waals surface area contributed by atoms with Gasteiger partial charge in [-0.25, -0.2) is 0 Å². The van der Waals surface area contributed by atoms with Crippen LogP contribution >= 0.6 is 11.6 Å². The Labute approximate surface area is 172 Å². The smallest absolute Gasteiger partial charge is 0.258 e. The van der Waals surface area contributed by atoms with Crippen LogP contribution < -0.4 is 4.74 Å². The second-order valence-electron chi connectivity index (χ2n) is 6.54. The van der Waals surface area contributed by atoms with E-state index in [-0.39, 0.29) is 12.4 Å². The molecule has 1 aromatic heterocycles. The standard InChI is InChI=1S/C23H17ClN2O3/c1-15-5-7-16(8-6-15)21(27)14-28-20-4-2-3-18(13-20)22-25-23(29-26-22)17-9-11-19(24)12-10-17/h2-13H,14H2,1H3. The maximum absolute atomic E-state index is 12.3. The fourth-order valence-corrected chi connectivity index (χ4v) is 2.87. The molecular weight excluding hydrogens is 388 g/mol. The Bertz CT molecular complexity index is 1140. The molecule has 6 heteroatoms. The predicted molar refractivity (Wildman–Crippen MR) is 111 cm³/mol. The van der Waals surface area contributed by atoms with Gasteiger partial charge in [0.25, 0.3) is 5.89 Å². The van der Waals surface area contributed by atoms with Gasteiger partial charge in [-0.1, -0.05) is 58.7 Å². The van der Waals surface area contributed by atoms with Crippen LogP contribution in [0.3, 0.4) is 0 Å². The molecule has 0 saturated carbocycles. The van der Waals surface area contributed by atoms with Gasteiger partial charge in [-0.15, -0.1) is 0 Å². The maximum Gasteiger partial charge on any atom is 0.258 e. The summed E-state index contributed by atoms with van der Waals surface area (Å²) in [6, 6.07) is 21.8. The number of ether oxygens (including phenoxy) is 1. The highest BCUT2D eigenvalue weighted by atomic mass is 35.5. The minimum absolute atomic E-state index is 0.0468. The normalized spacial score (nSPS) is 10.7. The molecule has 0 aliphatic carbocycles. The SMILES string of the molecule is Cc1ccc(C(=O)COc2cccc(-c3noc(-c4ccc(Cl)cc4)n3)c2)cc1. The van der Waals surface area contributed by atoms with Crippen molar-refractivity contribution in [3.05, 3.63) is 88.9 Å². The van der Waals surface area contributed by atoms with Crippen LogP contribution in [-0.4, -0.2) is 22.5 Å². The predicted octanol–water partition coefficient (Wildman–Crippen LogP) is 5.63. The van der Waals surface area contributed by atoms with Crippen molar-refractivity contribution in [2.24, 2.45) is 0 Å². The molecule has 4 aromatic rings. The molecule has 1 heterocycles. The lowest BCUT2D eigenvalue weighted by Gasteiger charge is -2.06. The lowest BCUT2D eigenvalue weighted by molar-refractivity contribution is 0.0921. The molecule has 0 fully saturated rings. The van der Waals surface area contributed by atoms with Crippen molar-refractivity contribution < 1.29 is 14.1 Å². The van der Waals surface area contributed by atoms with Crippen LogP contribution in [0.25, 0.3) is 22.8 Å². The molecule has 0 aliphatic heterocycles. The summed E-state index contributed by atoms with van der Waals surface area (Å²) in [5.41, 5.74) is 3.24. The molecule has 29 heavy (non-hydrogen) atoms. The summed E-state index contributed by atoms with van der Waals surface area (Å²) in [5, 5.41) is 4.67. The molecule has 4 rings (SSSR count). The topological polar surface area (TPSA) is 65.2 Å². The van der Waals surface area contributed by atoms with Gasteiger partial charge in [-0.3, -0.25) is 4.79 Å². The molecule has 0 bridgehead atoms. The molecule has 0 aliphatic rings. The van der Waals surface area contributed by atoms with Crippen LogP contribution in [0.2, 0.25) is 5.02 Å². The number of hydrogen-bond acceptors (Lipinski definition) is 5. The number of aromatic nitrogens is 2. The zero-order chi connectivity index (χ0) is 20.2. The van der Waals surface area contributed by atoms with Gasteiger partial charge in [0.15, 0.2) is 12.4 Å². The summed E-state index contributed by atoms with van der Waals surface area (Å²) in [4.78, 5) is 16.7. The first-order chi connectivity index (χ1) is 14.1. The summed E-state index contributed by atoms with van der Waals surface area (Å²) in [5.74, 6) is 1.31. The van der Waals surface area contributed by atoms with E-state index in [9.17, 15) is 4.79 Å². The van der Waals surface area contributed by atoms with Crippen LogP contribution in [0.4, 0.5) is 0 Å². The molecule has 0 N–H and O–H groups in total. The van der Waals surface area contributed by atoms with E-state index in [1.807, 2.05) is 43.3 Å². The van der Waals surface area contributed by atoms with E-state index in [0.29, 0.717) is 28.1 Å². The van der Waals surface area contributed by atoms with Gasteiger partial charge >= 0.3 is 0 Å². The van der Waals surface area contributed by atoms with Crippen molar-refractivity contribution in [1.29, 1.82) is 0 Å². The van der Waals surface area contributed by atoms with E-state index in [2.05, 4.69) is 10.1 Å². The van der Waals surface area contributed by atoms with Gasteiger partial charge in [-0.05, 0) is 43.3 Å². The number of Topliss-reactive ketones (excluding diaryl/α,β-unsaturated/α-hetero) is 1. The first-order valence-electron chi connectivity index (χ1n) is 9.01. The largest absolute Gasteiger partial charge is 0.485 e. The van der Waals surface area contributed by atoms with E-state index in [1.165, 1.54) is 0 Å². The van der Waals surface area contributed by atoms with Crippen LogP contribution in [0.5, 0.6) is 5.75 Å². The molecular formula is C23H17ClN2O3. The molecule has 0 unspecified atom stereocenters. The highest BCUT2D eigenvalue weighted by Gasteiger charge is 2.12. The molecule has 144 valence electrons. The van der Waals surface area contributed by atoms with Gasteiger partial charge < -0.3 is 9.26 Å². The van der Waals surface area contributed by atoms with Crippen molar-refractivity contribution in [3.63, 3.8) is 0 Å². The van der Waals surface area contributed by atoms with Gasteiger partial charge in [0.05, 0.1) is 0 Å². The van der Waals surface area contributed by atoms with E-state index < -0.39 is 0 Å². The van der Waals surface area contributed by atoms with Crippen molar-refractivity contribution in [1.82, 2.24) is 10.1 Å². The number of carbonyl (C=O) groups excluding carboxylic acids is 1. The van der Waals surface area contributed by atoms with E-state index in [1.54, 1.807) is 36.4 Å². The average Bonchev–Trinajstić information content (AvgIpc) is 3.24. The minimum Gasteiger partial charge on any atom is -0.485 e.